The minimum atomic E-state index is 0.225. The lowest BCUT2D eigenvalue weighted by molar-refractivity contribution is -0.134. The van der Waals surface area contributed by atoms with Gasteiger partial charge in [-0.1, -0.05) is 6.92 Å². The van der Waals surface area contributed by atoms with Crippen molar-refractivity contribution in [1.29, 1.82) is 0 Å². The van der Waals surface area contributed by atoms with Crippen LogP contribution in [0.3, 0.4) is 0 Å². The lowest BCUT2D eigenvalue weighted by atomic mass is 10.2. The molecule has 0 atom stereocenters. The van der Waals surface area contributed by atoms with Gasteiger partial charge in [-0.25, -0.2) is 0 Å². The monoisotopic (exact) mass is 196 g/mol. The van der Waals surface area contributed by atoms with Gasteiger partial charge in [0.1, 0.15) is 0 Å². The summed E-state index contributed by atoms with van der Waals surface area (Å²) < 4.78 is 0. The second kappa shape index (κ2) is 3.89. The van der Waals surface area contributed by atoms with Crippen LogP contribution in [0.1, 0.15) is 39.0 Å². The summed E-state index contributed by atoms with van der Waals surface area (Å²) in [6.07, 6.45) is 5.21. The first-order valence-electron chi connectivity index (χ1n) is 5.80. The quantitative estimate of drug-likeness (QED) is 0.718. The standard InChI is InChI=1S/C11H20N2O/c1-2-4-10(14)13-8-3-7-12-9-11(13)5-6-11/h12H,2-9H2,1H3. The number of amides is 1. The predicted molar refractivity (Wildman–Crippen MR) is 56.1 cm³/mol. The summed E-state index contributed by atoms with van der Waals surface area (Å²) in [5.41, 5.74) is 0.225. The fraction of sp³-hybridized carbons (Fsp3) is 0.909. The number of rotatable bonds is 2. The van der Waals surface area contributed by atoms with Gasteiger partial charge in [0.25, 0.3) is 0 Å². The fourth-order valence-corrected chi connectivity index (χ4v) is 2.34. The van der Waals surface area contributed by atoms with Crippen molar-refractivity contribution in [3.05, 3.63) is 0 Å². The molecule has 3 heteroatoms. The Hall–Kier alpha value is -0.570. The molecule has 0 aromatic heterocycles. The van der Waals surface area contributed by atoms with Crippen LogP contribution in [0, 0.1) is 0 Å². The zero-order chi connectivity index (χ0) is 10.0. The van der Waals surface area contributed by atoms with Crippen LogP contribution in [0.2, 0.25) is 0 Å². The van der Waals surface area contributed by atoms with Gasteiger partial charge >= 0.3 is 0 Å². The van der Waals surface area contributed by atoms with E-state index in [0.29, 0.717) is 5.91 Å². The SMILES string of the molecule is CCCC(=O)N1CCCNCC12CC2. The summed E-state index contributed by atoms with van der Waals surface area (Å²) >= 11 is 0. The van der Waals surface area contributed by atoms with E-state index < -0.39 is 0 Å². The maximum absolute atomic E-state index is 11.9. The second-order valence-corrected chi connectivity index (χ2v) is 4.55. The Morgan fingerprint density at radius 1 is 1.50 bits per heavy atom. The highest BCUT2D eigenvalue weighted by Gasteiger charge is 2.49. The average molecular weight is 196 g/mol. The van der Waals surface area contributed by atoms with Gasteiger partial charge in [0.05, 0.1) is 5.54 Å². The predicted octanol–water partition coefficient (Wildman–Crippen LogP) is 1.14. The van der Waals surface area contributed by atoms with Gasteiger partial charge in [-0.05, 0) is 32.2 Å². The lowest BCUT2D eigenvalue weighted by Gasteiger charge is -2.29. The van der Waals surface area contributed by atoms with Crippen LogP contribution in [-0.2, 0) is 4.79 Å². The minimum absolute atomic E-state index is 0.225. The molecule has 0 bridgehead atoms. The maximum Gasteiger partial charge on any atom is 0.223 e. The van der Waals surface area contributed by atoms with Gasteiger partial charge in [0.15, 0.2) is 0 Å². The third-order valence-electron chi connectivity index (χ3n) is 3.35. The van der Waals surface area contributed by atoms with E-state index in [1.807, 2.05) is 0 Å². The molecule has 3 nitrogen and oxygen atoms in total. The first-order chi connectivity index (χ1) is 6.78. The molecule has 1 amide bonds. The zero-order valence-corrected chi connectivity index (χ0v) is 9.01. The Bertz CT molecular complexity index is 223. The van der Waals surface area contributed by atoms with E-state index in [1.165, 1.54) is 12.8 Å². The van der Waals surface area contributed by atoms with E-state index in [2.05, 4.69) is 17.1 Å². The van der Waals surface area contributed by atoms with Crippen LogP contribution in [0.5, 0.6) is 0 Å². The van der Waals surface area contributed by atoms with Gasteiger partial charge in [0, 0.05) is 19.5 Å². The highest BCUT2D eigenvalue weighted by Crippen LogP contribution is 2.42. The number of nitrogens with zero attached hydrogens (tertiary/aromatic N) is 1. The van der Waals surface area contributed by atoms with Crippen molar-refractivity contribution >= 4 is 5.91 Å². The lowest BCUT2D eigenvalue weighted by Crippen LogP contribution is -2.45. The van der Waals surface area contributed by atoms with Gasteiger partial charge in [-0.15, -0.1) is 0 Å². The smallest absolute Gasteiger partial charge is 0.223 e. The van der Waals surface area contributed by atoms with Crippen LogP contribution < -0.4 is 5.32 Å². The molecule has 1 N–H and O–H groups in total. The minimum Gasteiger partial charge on any atom is -0.336 e. The summed E-state index contributed by atoms with van der Waals surface area (Å²) in [4.78, 5) is 14.1. The Labute approximate surface area is 85.8 Å². The van der Waals surface area contributed by atoms with Gasteiger partial charge in [-0.2, -0.15) is 0 Å². The Morgan fingerprint density at radius 3 is 2.93 bits per heavy atom. The molecule has 1 spiro atoms. The number of nitrogens with one attached hydrogen (secondary N) is 1. The molecule has 1 heterocycles. The molecule has 2 aliphatic rings. The molecule has 14 heavy (non-hydrogen) atoms. The van der Waals surface area contributed by atoms with Crippen molar-refractivity contribution in [2.24, 2.45) is 0 Å². The number of hydrogen-bond donors (Lipinski definition) is 1. The van der Waals surface area contributed by atoms with Gasteiger partial charge in [0.2, 0.25) is 5.91 Å². The van der Waals surface area contributed by atoms with E-state index in [4.69, 9.17) is 0 Å². The third kappa shape index (κ3) is 1.78. The Morgan fingerprint density at radius 2 is 2.29 bits per heavy atom. The first-order valence-corrected chi connectivity index (χ1v) is 5.80. The summed E-state index contributed by atoms with van der Waals surface area (Å²) in [6.45, 7) is 5.12. The maximum atomic E-state index is 11.9. The Kier molecular flexibility index (Phi) is 2.77. The zero-order valence-electron chi connectivity index (χ0n) is 9.01. The Balaban J connectivity index is 2.02. The van der Waals surface area contributed by atoms with Crippen molar-refractivity contribution in [2.45, 2.75) is 44.6 Å². The molecule has 1 saturated carbocycles. The number of hydrogen-bond acceptors (Lipinski definition) is 2. The number of carbonyl (C=O) groups excluding carboxylic acids is 1. The van der Waals surface area contributed by atoms with Crippen molar-refractivity contribution in [2.75, 3.05) is 19.6 Å². The molecule has 1 aliphatic heterocycles. The van der Waals surface area contributed by atoms with Gasteiger partial charge < -0.3 is 10.2 Å². The van der Waals surface area contributed by atoms with E-state index >= 15 is 0 Å². The molecule has 0 aromatic carbocycles. The summed E-state index contributed by atoms with van der Waals surface area (Å²) in [5.74, 6) is 0.369. The largest absolute Gasteiger partial charge is 0.336 e. The van der Waals surface area contributed by atoms with Gasteiger partial charge in [-0.3, -0.25) is 4.79 Å². The molecular formula is C11H20N2O. The molecule has 0 unspecified atom stereocenters. The van der Waals surface area contributed by atoms with Crippen LogP contribution in [-0.4, -0.2) is 36.0 Å². The summed E-state index contributed by atoms with van der Waals surface area (Å²) in [6, 6.07) is 0. The molecule has 80 valence electrons. The normalized spacial score (nSPS) is 24.8. The molecule has 1 saturated heterocycles. The first kappa shape index (κ1) is 9.97. The van der Waals surface area contributed by atoms with Crippen molar-refractivity contribution in [1.82, 2.24) is 10.2 Å². The second-order valence-electron chi connectivity index (χ2n) is 4.55. The summed E-state index contributed by atoms with van der Waals surface area (Å²) in [5, 5.41) is 3.43. The van der Waals surface area contributed by atoms with E-state index in [9.17, 15) is 4.79 Å². The molecule has 0 aromatic rings. The molecule has 1 aliphatic carbocycles. The molecule has 0 radical (unpaired) electrons. The van der Waals surface area contributed by atoms with Crippen molar-refractivity contribution in [3.63, 3.8) is 0 Å². The topological polar surface area (TPSA) is 32.3 Å². The molecule has 2 fully saturated rings. The van der Waals surface area contributed by atoms with Crippen molar-refractivity contribution < 1.29 is 4.79 Å². The van der Waals surface area contributed by atoms with Crippen LogP contribution in [0.25, 0.3) is 0 Å². The highest BCUT2D eigenvalue weighted by molar-refractivity contribution is 5.77. The fourth-order valence-electron chi connectivity index (χ4n) is 2.34. The molecule has 2 rings (SSSR count). The van der Waals surface area contributed by atoms with E-state index in [0.717, 1.165) is 38.9 Å². The van der Waals surface area contributed by atoms with Crippen LogP contribution in [0.15, 0.2) is 0 Å². The van der Waals surface area contributed by atoms with Crippen LogP contribution >= 0.6 is 0 Å². The van der Waals surface area contributed by atoms with E-state index in [1.54, 1.807) is 0 Å². The van der Waals surface area contributed by atoms with Crippen LogP contribution in [0.4, 0.5) is 0 Å². The average Bonchev–Trinajstić information content (AvgIpc) is 2.95. The van der Waals surface area contributed by atoms with Crippen molar-refractivity contribution in [3.8, 4) is 0 Å². The molecular weight excluding hydrogens is 176 g/mol. The highest BCUT2D eigenvalue weighted by atomic mass is 16.2. The number of carbonyl (C=O) groups is 1. The van der Waals surface area contributed by atoms with E-state index in [-0.39, 0.29) is 5.54 Å². The third-order valence-corrected chi connectivity index (χ3v) is 3.35. The summed E-state index contributed by atoms with van der Waals surface area (Å²) in [7, 11) is 0.